The van der Waals surface area contributed by atoms with Gasteiger partial charge in [0.1, 0.15) is 11.2 Å². The van der Waals surface area contributed by atoms with E-state index in [4.69, 9.17) is 0 Å². The third-order valence-electron chi connectivity index (χ3n) is 4.97. The van der Waals surface area contributed by atoms with E-state index in [1.165, 1.54) is 23.2 Å². The summed E-state index contributed by atoms with van der Waals surface area (Å²) in [6.07, 6.45) is 2.77. The molecule has 3 heterocycles. The largest absolute Gasteiger partial charge is 0.492 e. The molecule has 0 unspecified atom stereocenters. The predicted octanol–water partition coefficient (Wildman–Crippen LogP) is 2.15. The maximum Gasteiger partial charge on any atom is 0.235 e. The Morgan fingerprint density at radius 2 is 1.92 bits per heavy atom. The molecule has 0 aliphatic carbocycles. The van der Waals surface area contributed by atoms with Crippen molar-refractivity contribution in [1.82, 2.24) is 14.6 Å². The maximum atomic E-state index is 10.7. The molecular weight excluding hydrogens is 320 g/mol. The summed E-state index contributed by atoms with van der Waals surface area (Å²) in [7, 11) is 0. The van der Waals surface area contributed by atoms with E-state index in [9.17, 15) is 5.11 Å². The van der Waals surface area contributed by atoms with Crippen molar-refractivity contribution >= 4 is 16.3 Å². The van der Waals surface area contributed by atoms with E-state index in [2.05, 4.69) is 48.2 Å². The molecule has 4 rings (SSSR count). The van der Waals surface area contributed by atoms with Crippen LogP contribution in [0.25, 0.3) is 4.96 Å². The number of aromatic hydroxyl groups is 1. The molecule has 1 fully saturated rings. The van der Waals surface area contributed by atoms with Crippen LogP contribution in [0.2, 0.25) is 0 Å². The van der Waals surface area contributed by atoms with Crippen LogP contribution < -0.4 is 4.90 Å². The average molecular weight is 343 g/mol. The van der Waals surface area contributed by atoms with Crippen molar-refractivity contribution in [2.75, 3.05) is 13.1 Å². The molecule has 126 valence electrons. The van der Waals surface area contributed by atoms with Crippen molar-refractivity contribution < 1.29 is 10.0 Å². The second-order valence-corrected chi connectivity index (χ2v) is 8.11. The van der Waals surface area contributed by atoms with E-state index in [0.717, 1.165) is 22.9 Å². The van der Waals surface area contributed by atoms with Gasteiger partial charge in [-0.25, -0.2) is 4.98 Å². The first-order valence-electron chi connectivity index (χ1n) is 8.54. The Morgan fingerprint density at radius 1 is 1.21 bits per heavy atom. The molecule has 3 atom stereocenters. The van der Waals surface area contributed by atoms with Gasteiger partial charge in [-0.3, -0.25) is 0 Å². The van der Waals surface area contributed by atoms with Gasteiger partial charge in [0.2, 0.25) is 10.8 Å². The van der Waals surface area contributed by atoms with Crippen molar-refractivity contribution in [2.24, 2.45) is 11.8 Å². The summed E-state index contributed by atoms with van der Waals surface area (Å²) in [5, 5.41) is 14.9. The predicted molar refractivity (Wildman–Crippen MR) is 94.5 cm³/mol. The van der Waals surface area contributed by atoms with Crippen LogP contribution in [0, 0.1) is 11.8 Å². The number of nitrogens with zero attached hydrogens (tertiary/aromatic N) is 3. The maximum absolute atomic E-state index is 10.7. The molecule has 2 N–H and O–H groups in total. The molecule has 1 aliphatic rings. The summed E-state index contributed by atoms with van der Waals surface area (Å²) in [5.41, 5.74) is 1.24. The van der Waals surface area contributed by atoms with Crippen LogP contribution in [-0.4, -0.2) is 32.8 Å². The molecule has 3 aromatic rings. The second-order valence-electron chi connectivity index (χ2n) is 7.10. The number of likely N-dealkylation sites (tertiary alicyclic amines) is 1. The molecule has 0 bridgehead atoms. The van der Waals surface area contributed by atoms with Crippen molar-refractivity contribution in [3.8, 4) is 5.88 Å². The first-order valence-corrected chi connectivity index (χ1v) is 9.36. The van der Waals surface area contributed by atoms with Crippen LogP contribution in [-0.2, 0) is 0 Å². The van der Waals surface area contributed by atoms with E-state index in [0.29, 0.717) is 11.8 Å². The van der Waals surface area contributed by atoms with Gasteiger partial charge in [-0.1, -0.05) is 55.5 Å². The standard InChI is InChI=1S/C18H22N4OS/c1-12-8-13(2)10-21(9-12)15(14-6-4-3-5-7-14)16-17(23)22-18(24-16)19-11-20-22/h3-7,11-13,15,23H,8-10H2,1-2H3/p+1/t12-,13-,15-/m0/s1. The van der Waals surface area contributed by atoms with Crippen molar-refractivity contribution in [1.29, 1.82) is 0 Å². The Kier molecular flexibility index (Phi) is 4.02. The van der Waals surface area contributed by atoms with Crippen LogP contribution in [0.1, 0.15) is 36.8 Å². The molecule has 1 aliphatic heterocycles. The Morgan fingerprint density at radius 3 is 2.58 bits per heavy atom. The minimum Gasteiger partial charge on any atom is -0.492 e. The first-order chi connectivity index (χ1) is 11.6. The smallest absolute Gasteiger partial charge is 0.235 e. The molecule has 0 spiro atoms. The zero-order valence-electron chi connectivity index (χ0n) is 14.0. The fourth-order valence-electron chi connectivity index (χ4n) is 4.17. The van der Waals surface area contributed by atoms with Crippen molar-refractivity contribution in [3.05, 3.63) is 47.1 Å². The molecule has 5 nitrogen and oxygen atoms in total. The Hall–Kier alpha value is -1.92. The minimum atomic E-state index is 0.130. The van der Waals surface area contributed by atoms with Gasteiger partial charge in [-0.15, -0.1) is 0 Å². The van der Waals surface area contributed by atoms with Crippen LogP contribution >= 0.6 is 11.3 Å². The fourth-order valence-corrected chi connectivity index (χ4v) is 5.28. The lowest BCUT2D eigenvalue weighted by Crippen LogP contribution is -3.14. The number of piperidine rings is 1. The summed E-state index contributed by atoms with van der Waals surface area (Å²) >= 11 is 1.55. The zero-order chi connectivity index (χ0) is 16.7. The monoisotopic (exact) mass is 343 g/mol. The molecule has 0 saturated carbocycles. The number of benzene rings is 1. The molecule has 24 heavy (non-hydrogen) atoms. The van der Waals surface area contributed by atoms with Crippen LogP contribution in [0.5, 0.6) is 5.88 Å². The molecular formula is C18H23N4OS+. The normalized spacial score (nSPS) is 25.8. The average Bonchev–Trinajstić information content (AvgIpc) is 3.12. The number of hydrogen-bond donors (Lipinski definition) is 2. The van der Waals surface area contributed by atoms with Gasteiger partial charge in [0.15, 0.2) is 6.04 Å². The third kappa shape index (κ3) is 2.70. The number of quaternary nitrogens is 1. The number of aromatic nitrogens is 3. The summed E-state index contributed by atoms with van der Waals surface area (Å²) < 4.78 is 1.55. The quantitative estimate of drug-likeness (QED) is 0.766. The third-order valence-corrected chi connectivity index (χ3v) is 6.07. The minimum absolute atomic E-state index is 0.130. The molecule has 1 saturated heterocycles. The van der Waals surface area contributed by atoms with Crippen molar-refractivity contribution in [2.45, 2.75) is 26.3 Å². The lowest BCUT2D eigenvalue weighted by Gasteiger charge is -2.36. The highest BCUT2D eigenvalue weighted by molar-refractivity contribution is 7.17. The second kappa shape index (κ2) is 6.18. The van der Waals surface area contributed by atoms with Gasteiger partial charge in [0.05, 0.1) is 13.1 Å². The molecule has 0 amide bonds. The summed E-state index contributed by atoms with van der Waals surface area (Å²) in [4.78, 5) is 7.49. The summed E-state index contributed by atoms with van der Waals surface area (Å²) in [6, 6.07) is 10.7. The lowest BCUT2D eigenvalue weighted by molar-refractivity contribution is -0.936. The van der Waals surface area contributed by atoms with E-state index < -0.39 is 0 Å². The number of hydrogen-bond acceptors (Lipinski definition) is 4. The number of thiazole rings is 1. The van der Waals surface area contributed by atoms with Crippen LogP contribution in [0.3, 0.4) is 0 Å². The van der Waals surface area contributed by atoms with E-state index in [-0.39, 0.29) is 11.9 Å². The van der Waals surface area contributed by atoms with Gasteiger partial charge in [0.25, 0.3) is 0 Å². The van der Waals surface area contributed by atoms with Gasteiger partial charge >= 0.3 is 0 Å². The molecule has 2 aromatic heterocycles. The van der Waals surface area contributed by atoms with Gasteiger partial charge < -0.3 is 10.0 Å². The number of fused-ring (bicyclic) bond motifs is 1. The fraction of sp³-hybridized carbons (Fsp3) is 0.444. The SMILES string of the molecule is C[C@H]1C[C@H](C)C[NH+]([C@@H](c2ccccc2)c2sc3ncnn3c2O)C1. The Bertz CT molecular complexity index is 818. The number of rotatable bonds is 3. The molecule has 6 heteroatoms. The Balaban J connectivity index is 1.81. The number of nitrogens with one attached hydrogen (secondary N) is 1. The highest BCUT2D eigenvalue weighted by atomic mass is 32.1. The topological polar surface area (TPSA) is 54.9 Å². The van der Waals surface area contributed by atoms with E-state index in [1.807, 2.05) is 6.07 Å². The van der Waals surface area contributed by atoms with Crippen LogP contribution in [0.4, 0.5) is 0 Å². The van der Waals surface area contributed by atoms with Gasteiger partial charge in [-0.05, 0) is 6.42 Å². The highest BCUT2D eigenvalue weighted by Gasteiger charge is 2.36. The van der Waals surface area contributed by atoms with E-state index in [1.54, 1.807) is 15.9 Å². The van der Waals surface area contributed by atoms with Gasteiger partial charge in [-0.2, -0.15) is 9.61 Å². The zero-order valence-corrected chi connectivity index (χ0v) is 14.8. The van der Waals surface area contributed by atoms with Crippen molar-refractivity contribution in [3.63, 3.8) is 0 Å². The summed E-state index contributed by atoms with van der Waals surface area (Å²) in [6.45, 7) is 6.91. The first kappa shape index (κ1) is 15.6. The summed E-state index contributed by atoms with van der Waals surface area (Å²) in [5.74, 6) is 1.62. The molecule has 1 aromatic carbocycles. The van der Waals surface area contributed by atoms with E-state index >= 15 is 0 Å². The van der Waals surface area contributed by atoms with Crippen LogP contribution in [0.15, 0.2) is 36.7 Å². The Labute approximate surface area is 145 Å². The molecule has 0 radical (unpaired) electrons. The van der Waals surface area contributed by atoms with Gasteiger partial charge in [0, 0.05) is 17.4 Å². The highest BCUT2D eigenvalue weighted by Crippen LogP contribution is 2.35. The lowest BCUT2D eigenvalue weighted by atomic mass is 9.89.